The topological polar surface area (TPSA) is 73.6 Å². The van der Waals surface area contributed by atoms with Gasteiger partial charge in [-0.2, -0.15) is 4.39 Å². The highest BCUT2D eigenvalue weighted by Gasteiger charge is 2.12. The largest absolute Gasteiger partial charge is 0.493 e. The Morgan fingerprint density at radius 2 is 2.00 bits per heavy atom. The van der Waals surface area contributed by atoms with Crippen molar-refractivity contribution in [2.75, 3.05) is 19.0 Å². The van der Waals surface area contributed by atoms with Crippen LogP contribution in [-0.2, 0) is 0 Å². The van der Waals surface area contributed by atoms with Crippen LogP contribution < -0.4 is 14.8 Å². The molecular weight excluding hydrogens is 361 g/mol. The zero-order valence-electron chi connectivity index (χ0n) is 15.4. The number of anilines is 2. The molecule has 0 radical (unpaired) electrons. The maximum Gasteiger partial charge on any atom is 0.213 e. The average molecular weight is 379 g/mol. The predicted octanol–water partition coefficient (Wildman–Crippen LogP) is 4.08. The third-order valence-corrected chi connectivity index (χ3v) is 4.12. The fraction of sp³-hybridized carbons (Fsp3) is 0.150. The number of hydrogen-bond acceptors (Lipinski definition) is 6. The number of pyridine rings is 1. The van der Waals surface area contributed by atoms with Gasteiger partial charge in [0.15, 0.2) is 23.0 Å². The monoisotopic (exact) mass is 379 g/mol. The lowest BCUT2D eigenvalue weighted by Crippen LogP contribution is -2.01. The van der Waals surface area contributed by atoms with Crippen LogP contribution in [0, 0.1) is 5.95 Å². The van der Waals surface area contributed by atoms with Crippen LogP contribution in [0.15, 0.2) is 55.1 Å². The molecule has 0 amide bonds. The summed E-state index contributed by atoms with van der Waals surface area (Å²) in [4.78, 5) is 12.6. The molecule has 3 aromatic heterocycles. The molecule has 4 rings (SSSR count). The summed E-state index contributed by atoms with van der Waals surface area (Å²) in [5.41, 5.74) is 2.62. The maximum atomic E-state index is 13.5. The summed E-state index contributed by atoms with van der Waals surface area (Å²) in [6.45, 7) is 2.46. The van der Waals surface area contributed by atoms with Gasteiger partial charge >= 0.3 is 0 Å². The lowest BCUT2D eigenvalue weighted by atomic mass is 10.2. The fourth-order valence-corrected chi connectivity index (χ4v) is 2.87. The smallest absolute Gasteiger partial charge is 0.213 e. The zero-order valence-corrected chi connectivity index (χ0v) is 15.4. The number of benzene rings is 1. The molecule has 0 bridgehead atoms. The number of methoxy groups -OCH3 is 1. The normalized spacial score (nSPS) is 10.8. The lowest BCUT2D eigenvalue weighted by Gasteiger charge is -2.13. The number of nitrogens with zero attached hydrogens (tertiary/aromatic N) is 4. The second kappa shape index (κ2) is 7.51. The molecule has 0 atom stereocenters. The van der Waals surface area contributed by atoms with Crippen LogP contribution in [-0.4, -0.2) is 33.1 Å². The van der Waals surface area contributed by atoms with Crippen LogP contribution in [0.4, 0.5) is 15.9 Å². The van der Waals surface area contributed by atoms with Gasteiger partial charge in [0.1, 0.15) is 0 Å². The van der Waals surface area contributed by atoms with Crippen molar-refractivity contribution in [3.05, 3.63) is 61.1 Å². The molecule has 142 valence electrons. The minimum absolute atomic E-state index is 0.533. The highest BCUT2D eigenvalue weighted by atomic mass is 19.1. The van der Waals surface area contributed by atoms with E-state index in [1.807, 2.05) is 35.7 Å². The first-order valence-electron chi connectivity index (χ1n) is 8.71. The van der Waals surface area contributed by atoms with Crippen LogP contribution >= 0.6 is 0 Å². The average Bonchev–Trinajstić information content (AvgIpc) is 3.18. The Balaban J connectivity index is 1.75. The molecule has 8 heteroatoms. The van der Waals surface area contributed by atoms with E-state index in [9.17, 15) is 4.39 Å². The summed E-state index contributed by atoms with van der Waals surface area (Å²) in [7, 11) is 1.59. The highest BCUT2D eigenvalue weighted by Crippen LogP contribution is 2.32. The van der Waals surface area contributed by atoms with Gasteiger partial charge in [0.25, 0.3) is 0 Å². The van der Waals surface area contributed by atoms with Crippen molar-refractivity contribution >= 4 is 17.2 Å². The number of imidazole rings is 1. The third kappa shape index (κ3) is 3.44. The Kier molecular flexibility index (Phi) is 4.76. The minimum atomic E-state index is -0.559. The predicted molar refractivity (Wildman–Crippen MR) is 104 cm³/mol. The molecule has 0 aliphatic carbocycles. The number of nitrogens with one attached hydrogen (secondary N) is 1. The van der Waals surface area contributed by atoms with E-state index in [1.54, 1.807) is 25.6 Å². The molecule has 28 heavy (non-hydrogen) atoms. The summed E-state index contributed by atoms with van der Waals surface area (Å²) in [5, 5.41) is 3.26. The Labute approximate surface area is 160 Å². The first-order valence-corrected chi connectivity index (χ1v) is 8.71. The number of ether oxygens (including phenoxy) is 2. The van der Waals surface area contributed by atoms with Gasteiger partial charge in [-0.15, -0.1) is 0 Å². The molecule has 4 aromatic rings. The van der Waals surface area contributed by atoms with E-state index < -0.39 is 5.95 Å². The standard InChI is InChI=1S/C20H18FN5O2/c1-3-28-16-5-4-14(11-17(16)27-2)24-19-20-23-8-9-26(20)12-15(25-19)13-6-7-22-18(21)10-13/h4-12H,3H2,1-2H3,(H,24,25). The first-order chi connectivity index (χ1) is 13.7. The molecule has 0 saturated carbocycles. The molecule has 1 aromatic carbocycles. The van der Waals surface area contributed by atoms with Crippen molar-refractivity contribution in [1.82, 2.24) is 19.4 Å². The lowest BCUT2D eigenvalue weighted by molar-refractivity contribution is 0.311. The van der Waals surface area contributed by atoms with Gasteiger partial charge in [-0.1, -0.05) is 0 Å². The fourth-order valence-electron chi connectivity index (χ4n) is 2.87. The molecule has 1 N–H and O–H groups in total. The third-order valence-electron chi connectivity index (χ3n) is 4.12. The molecule has 0 unspecified atom stereocenters. The van der Waals surface area contributed by atoms with Gasteiger partial charge in [-0.3, -0.25) is 0 Å². The zero-order chi connectivity index (χ0) is 19.5. The SMILES string of the molecule is CCOc1ccc(Nc2nc(-c3ccnc(F)c3)cn3ccnc23)cc1OC. The Morgan fingerprint density at radius 1 is 1.11 bits per heavy atom. The van der Waals surface area contributed by atoms with Crippen LogP contribution in [0.3, 0.4) is 0 Å². The van der Waals surface area contributed by atoms with Crippen LogP contribution in [0.1, 0.15) is 6.92 Å². The molecule has 0 aliphatic heterocycles. The Morgan fingerprint density at radius 3 is 2.79 bits per heavy atom. The number of fused-ring (bicyclic) bond motifs is 1. The molecular formula is C20H18FN5O2. The Hall–Kier alpha value is -3.68. The summed E-state index contributed by atoms with van der Waals surface area (Å²) in [6, 6.07) is 8.57. The van der Waals surface area contributed by atoms with Crippen molar-refractivity contribution in [2.45, 2.75) is 6.92 Å². The summed E-state index contributed by atoms with van der Waals surface area (Å²) >= 11 is 0. The van der Waals surface area contributed by atoms with Crippen molar-refractivity contribution in [3.63, 3.8) is 0 Å². The highest BCUT2D eigenvalue weighted by molar-refractivity contribution is 5.74. The summed E-state index contributed by atoms with van der Waals surface area (Å²) in [5.74, 6) is 1.25. The maximum absolute atomic E-state index is 13.5. The van der Waals surface area contributed by atoms with Crippen molar-refractivity contribution in [1.29, 1.82) is 0 Å². The first kappa shape index (κ1) is 17.7. The second-order valence-corrected chi connectivity index (χ2v) is 5.92. The van der Waals surface area contributed by atoms with E-state index in [1.165, 1.54) is 12.3 Å². The van der Waals surface area contributed by atoms with Gasteiger partial charge in [-0.25, -0.2) is 15.0 Å². The Bertz CT molecular complexity index is 1130. The van der Waals surface area contributed by atoms with Gasteiger partial charge in [-0.05, 0) is 25.1 Å². The molecule has 0 saturated heterocycles. The number of rotatable bonds is 6. The number of halogens is 1. The van der Waals surface area contributed by atoms with Gasteiger partial charge in [0, 0.05) is 48.2 Å². The van der Waals surface area contributed by atoms with E-state index in [0.717, 1.165) is 5.69 Å². The van der Waals surface area contributed by atoms with Crippen molar-refractivity contribution in [2.24, 2.45) is 0 Å². The molecule has 0 spiro atoms. The summed E-state index contributed by atoms with van der Waals surface area (Å²) < 4.78 is 26.3. The molecule has 7 nitrogen and oxygen atoms in total. The number of hydrogen-bond donors (Lipinski definition) is 1. The van der Waals surface area contributed by atoms with Gasteiger partial charge < -0.3 is 19.2 Å². The van der Waals surface area contributed by atoms with E-state index in [-0.39, 0.29) is 0 Å². The van der Waals surface area contributed by atoms with Crippen LogP contribution in [0.2, 0.25) is 0 Å². The molecule has 0 aliphatic rings. The quantitative estimate of drug-likeness (QED) is 0.509. The van der Waals surface area contributed by atoms with Crippen molar-refractivity contribution in [3.8, 4) is 22.8 Å². The van der Waals surface area contributed by atoms with Gasteiger partial charge in [0.2, 0.25) is 5.95 Å². The second-order valence-electron chi connectivity index (χ2n) is 5.92. The molecule has 3 heterocycles. The van der Waals surface area contributed by atoms with Crippen molar-refractivity contribution < 1.29 is 13.9 Å². The van der Waals surface area contributed by atoms with E-state index in [0.29, 0.717) is 40.8 Å². The van der Waals surface area contributed by atoms with Gasteiger partial charge in [0.05, 0.1) is 19.4 Å². The van der Waals surface area contributed by atoms with E-state index in [4.69, 9.17) is 9.47 Å². The minimum Gasteiger partial charge on any atom is -0.493 e. The van der Waals surface area contributed by atoms with Crippen LogP contribution in [0.25, 0.3) is 16.9 Å². The summed E-state index contributed by atoms with van der Waals surface area (Å²) in [6.07, 6.45) is 6.69. The van der Waals surface area contributed by atoms with E-state index in [2.05, 4.69) is 20.3 Å². The van der Waals surface area contributed by atoms with Crippen LogP contribution in [0.5, 0.6) is 11.5 Å². The van der Waals surface area contributed by atoms with E-state index >= 15 is 0 Å². The molecule has 0 fully saturated rings. The number of aromatic nitrogens is 4.